The van der Waals surface area contributed by atoms with Gasteiger partial charge in [0.05, 0.1) is 31.4 Å². The summed E-state index contributed by atoms with van der Waals surface area (Å²) in [6, 6.07) is 9.23. The summed E-state index contributed by atoms with van der Waals surface area (Å²) in [7, 11) is -1.86. The van der Waals surface area contributed by atoms with Crippen LogP contribution >= 0.6 is 0 Å². The molecule has 200 valence electrons. The molecular weight excluding hydrogens is 508 g/mol. The first-order valence-electron chi connectivity index (χ1n) is 11.3. The third kappa shape index (κ3) is 6.02. The van der Waals surface area contributed by atoms with Crippen LogP contribution in [0.4, 0.5) is 16.2 Å². The molecule has 2 amide bonds. The Bertz CT molecular complexity index is 1260. The zero-order valence-corrected chi connectivity index (χ0v) is 21.5. The van der Waals surface area contributed by atoms with Crippen LogP contribution in [0.15, 0.2) is 47.4 Å². The van der Waals surface area contributed by atoms with Gasteiger partial charge in [-0.2, -0.15) is 0 Å². The van der Waals surface area contributed by atoms with Crippen molar-refractivity contribution in [2.24, 2.45) is 0 Å². The summed E-state index contributed by atoms with van der Waals surface area (Å²) in [6.45, 7) is 2.02. The number of ether oxygens (including phenoxy) is 3. The molecular formula is C23H28N4O9S. The van der Waals surface area contributed by atoms with Gasteiger partial charge in [-0.25, -0.2) is 13.2 Å². The predicted molar refractivity (Wildman–Crippen MR) is 132 cm³/mol. The molecule has 1 heterocycles. The van der Waals surface area contributed by atoms with Crippen molar-refractivity contribution in [2.75, 3.05) is 57.9 Å². The largest absolute Gasteiger partial charge is 0.497 e. The number of carbonyl (C=O) groups excluding carboxylic acids is 2. The van der Waals surface area contributed by atoms with Gasteiger partial charge in [0.25, 0.3) is 15.7 Å². The van der Waals surface area contributed by atoms with Gasteiger partial charge in [0.15, 0.2) is 4.90 Å². The molecule has 1 fully saturated rings. The lowest BCUT2D eigenvalue weighted by Crippen LogP contribution is -2.53. The van der Waals surface area contributed by atoms with Crippen LogP contribution in [0.5, 0.6) is 11.5 Å². The quantitative estimate of drug-likeness (QED) is 0.347. The number of anilines is 1. The highest BCUT2D eigenvalue weighted by Gasteiger charge is 2.36. The molecule has 37 heavy (non-hydrogen) atoms. The molecule has 0 atom stereocenters. The normalized spacial score (nSPS) is 13.6. The molecule has 1 aliphatic rings. The fourth-order valence-electron chi connectivity index (χ4n) is 3.81. The molecule has 3 rings (SSSR count). The molecule has 2 aromatic carbocycles. The first-order valence-corrected chi connectivity index (χ1v) is 12.8. The van der Waals surface area contributed by atoms with E-state index in [1.54, 1.807) is 6.92 Å². The summed E-state index contributed by atoms with van der Waals surface area (Å²) in [5, 5.41) is 11.6. The minimum Gasteiger partial charge on any atom is -0.497 e. The monoisotopic (exact) mass is 536 g/mol. The summed E-state index contributed by atoms with van der Waals surface area (Å²) >= 11 is 0. The van der Waals surface area contributed by atoms with Gasteiger partial charge in [0.2, 0.25) is 5.91 Å². The van der Waals surface area contributed by atoms with Gasteiger partial charge in [0.1, 0.15) is 18.0 Å². The number of sulfonamides is 1. The van der Waals surface area contributed by atoms with E-state index in [2.05, 4.69) is 0 Å². The molecule has 0 radical (unpaired) electrons. The number of hydrogen-bond donors (Lipinski definition) is 0. The zero-order valence-electron chi connectivity index (χ0n) is 20.7. The van der Waals surface area contributed by atoms with Gasteiger partial charge >= 0.3 is 6.09 Å². The van der Waals surface area contributed by atoms with Crippen LogP contribution in [0.25, 0.3) is 0 Å². The van der Waals surface area contributed by atoms with Crippen LogP contribution in [-0.2, 0) is 19.6 Å². The molecule has 0 saturated carbocycles. The Morgan fingerprint density at radius 1 is 1.03 bits per heavy atom. The Morgan fingerprint density at radius 3 is 2.27 bits per heavy atom. The van der Waals surface area contributed by atoms with Crippen molar-refractivity contribution in [3.63, 3.8) is 0 Å². The molecule has 0 aromatic heterocycles. The first kappa shape index (κ1) is 27.5. The van der Waals surface area contributed by atoms with Crippen molar-refractivity contribution in [2.45, 2.75) is 11.8 Å². The van der Waals surface area contributed by atoms with E-state index in [0.717, 1.165) is 16.4 Å². The maximum Gasteiger partial charge on any atom is 0.409 e. The minimum atomic E-state index is -4.61. The third-order valence-corrected chi connectivity index (χ3v) is 7.53. The number of methoxy groups -OCH3 is 2. The van der Waals surface area contributed by atoms with E-state index < -0.39 is 44.1 Å². The van der Waals surface area contributed by atoms with E-state index in [0.29, 0.717) is 5.75 Å². The molecule has 0 unspecified atom stereocenters. The molecule has 0 aliphatic carbocycles. The van der Waals surface area contributed by atoms with E-state index in [-0.39, 0.29) is 44.2 Å². The van der Waals surface area contributed by atoms with Crippen LogP contribution in [0.1, 0.15) is 6.92 Å². The van der Waals surface area contributed by atoms with Crippen LogP contribution < -0.4 is 13.8 Å². The second-order valence-electron chi connectivity index (χ2n) is 7.84. The highest BCUT2D eigenvalue weighted by Crippen LogP contribution is 2.37. The van der Waals surface area contributed by atoms with Crippen LogP contribution in [-0.4, -0.2) is 88.7 Å². The molecule has 0 spiro atoms. The number of rotatable bonds is 9. The van der Waals surface area contributed by atoms with Gasteiger partial charge in [-0.3, -0.25) is 19.2 Å². The molecule has 1 saturated heterocycles. The molecule has 0 N–H and O–H groups in total. The fraction of sp³-hybridized carbons (Fsp3) is 0.391. The van der Waals surface area contributed by atoms with Gasteiger partial charge < -0.3 is 24.0 Å². The lowest BCUT2D eigenvalue weighted by molar-refractivity contribution is -0.387. The Balaban J connectivity index is 1.98. The molecule has 13 nitrogen and oxygen atoms in total. The maximum absolute atomic E-state index is 13.8. The van der Waals surface area contributed by atoms with Crippen molar-refractivity contribution < 1.29 is 37.1 Å². The predicted octanol–water partition coefficient (Wildman–Crippen LogP) is 2.11. The molecule has 14 heteroatoms. The Labute approximate surface area is 214 Å². The van der Waals surface area contributed by atoms with Crippen LogP contribution in [0.3, 0.4) is 0 Å². The summed E-state index contributed by atoms with van der Waals surface area (Å²) in [6.07, 6.45) is -0.488. The van der Waals surface area contributed by atoms with Gasteiger partial charge in [-0.1, -0.05) is 12.1 Å². The van der Waals surface area contributed by atoms with Gasteiger partial charge in [0, 0.05) is 38.3 Å². The van der Waals surface area contributed by atoms with E-state index in [1.165, 1.54) is 54.4 Å². The number of hydrogen-bond acceptors (Lipinski definition) is 9. The SMILES string of the molecule is CCOC(=O)N1CCN(C(=O)CN(c2ccc(OC)cc2OC)S(=O)(=O)c2ccccc2[N+](=O)[O-])CC1. The molecule has 0 bridgehead atoms. The van der Waals surface area contributed by atoms with Crippen molar-refractivity contribution in [3.8, 4) is 11.5 Å². The number of carbonyl (C=O) groups is 2. The minimum absolute atomic E-state index is 0.0000365. The smallest absolute Gasteiger partial charge is 0.409 e. The van der Waals surface area contributed by atoms with E-state index in [1.807, 2.05) is 0 Å². The number of nitro groups is 1. The van der Waals surface area contributed by atoms with Crippen molar-refractivity contribution >= 4 is 33.4 Å². The molecule has 2 aromatic rings. The third-order valence-electron chi connectivity index (χ3n) is 5.72. The summed E-state index contributed by atoms with van der Waals surface area (Å²) < 4.78 is 43.9. The lowest BCUT2D eigenvalue weighted by atomic mass is 10.2. The average molecular weight is 537 g/mol. The summed E-state index contributed by atoms with van der Waals surface area (Å²) in [4.78, 5) is 38.4. The second kappa shape index (κ2) is 11.8. The highest BCUT2D eigenvalue weighted by molar-refractivity contribution is 7.93. The van der Waals surface area contributed by atoms with Crippen LogP contribution in [0.2, 0.25) is 0 Å². The van der Waals surface area contributed by atoms with Crippen molar-refractivity contribution in [3.05, 3.63) is 52.6 Å². The number of nitro benzene ring substituents is 1. The maximum atomic E-state index is 13.8. The lowest BCUT2D eigenvalue weighted by Gasteiger charge is -2.35. The van der Waals surface area contributed by atoms with Crippen LogP contribution in [0, 0.1) is 10.1 Å². The van der Waals surface area contributed by atoms with Crippen molar-refractivity contribution in [1.82, 2.24) is 9.80 Å². The second-order valence-corrected chi connectivity index (χ2v) is 9.67. The average Bonchev–Trinajstić information content (AvgIpc) is 2.91. The Hall–Kier alpha value is -4.07. The van der Waals surface area contributed by atoms with Crippen molar-refractivity contribution in [1.29, 1.82) is 0 Å². The number of amides is 2. The van der Waals surface area contributed by atoms with Gasteiger partial charge in [-0.05, 0) is 25.1 Å². The number of benzene rings is 2. The Kier molecular flexibility index (Phi) is 8.76. The van der Waals surface area contributed by atoms with E-state index in [4.69, 9.17) is 14.2 Å². The highest BCUT2D eigenvalue weighted by atomic mass is 32.2. The van der Waals surface area contributed by atoms with E-state index in [9.17, 15) is 28.1 Å². The fourth-order valence-corrected chi connectivity index (χ4v) is 5.40. The Morgan fingerprint density at radius 2 is 1.68 bits per heavy atom. The molecule has 1 aliphatic heterocycles. The zero-order chi connectivity index (χ0) is 27.2. The summed E-state index contributed by atoms with van der Waals surface area (Å²) in [5.74, 6) is -0.0879. The standard InChI is InChI=1S/C23H28N4O9S/c1-4-36-23(29)25-13-11-24(12-14-25)22(28)16-26(18-10-9-17(34-2)15-20(18)35-3)37(32,33)21-8-6-5-7-19(21)27(30)31/h5-10,15H,4,11-14,16H2,1-3H3. The van der Waals surface area contributed by atoms with Gasteiger partial charge in [-0.15, -0.1) is 0 Å². The number of nitrogens with zero attached hydrogens (tertiary/aromatic N) is 4. The first-order chi connectivity index (χ1) is 17.6. The van der Waals surface area contributed by atoms with E-state index >= 15 is 0 Å². The number of piperazine rings is 1. The summed E-state index contributed by atoms with van der Waals surface area (Å²) in [5.41, 5.74) is -0.629. The topological polar surface area (TPSA) is 149 Å². The number of para-hydroxylation sites is 1.